The predicted octanol–water partition coefficient (Wildman–Crippen LogP) is 2.07. The van der Waals surface area contributed by atoms with Crippen molar-refractivity contribution in [2.45, 2.75) is 32.1 Å². The first kappa shape index (κ1) is 14.8. The second kappa shape index (κ2) is 6.30. The molecule has 116 valence electrons. The first-order valence-electron chi connectivity index (χ1n) is 7.80. The molecule has 0 radical (unpaired) electrons. The minimum Gasteiger partial charge on any atom is -0.342 e. The first-order chi connectivity index (χ1) is 10.6. The fourth-order valence-corrected chi connectivity index (χ4v) is 3.17. The summed E-state index contributed by atoms with van der Waals surface area (Å²) < 4.78 is 2.09. The third-order valence-electron chi connectivity index (χ3n) is 4.29. The molecule has 0 aromatic carbocycles. The molecule has 0 N–H and O–H groups in total. The van der Waals surface area contributed by atoms with Crippen LogP contribution in [0.2, 0.25) is 0 Å². The van der Waals surface area contributed by atoms with Gasteiger partial charge in [-0.2, -0.15) is 0 Å². The highest BCUT2D eigenvalue weighted by Crippen LogP contribution is 2.26. The van der Waals surface area contributed by atoms with E-state index in [1.54, 1.807) is 6.20 Å². The minimum atomic E-state index is 0.234. The molecule has 1 fully saturated rings. The topological polar surface area (TPSA) is 51.0 Å². The molecule has 1 aliphatic rings. The minimum absolute atomic E-state index is 0.234. The first-order valence-corrected chi connectivity index (χ1v) is 7.80. The van der Waals surface area contributed by atoms with Gasteiger partial charge in [0.05, 0.1) is 5.69 Å². The van der Waals surface area contributed by atoms with Crippen LogP contribution in [0, 0.1) is 6.92 Å². The van der Waals surface area contributed by atoms with Crippen molar-refractivity contribution in [1.29, 1.82) is 0 Å². The fraction of sp³-hybridized carbons (Fsp3) is 0.471. The van der Waals surface area contributed by atoms with E-state index in [9.17, 15) is 4.79 Å². The van der Waals surface area contributed by atoms with Crippen LogP contribution >= 0.6 is 0 Å². The largest absolute Gasteiger partial charge is 0.342 e. The van der Waals surface area contributed by atoms with Gasteiger partial charge in [-0.25, -0.2) is 4.98 Å². The highest BCUT2D eigenvalue weighted by Gasteiger charge is 2.29. The van der Waals surface area contributed by atoms with Crippen molar-refractivity contribution >= 4 is 5.91 Å². The Balaban J connectivity index is 1.56. The normalized spacial score (nSPS) is 17.9. The maximum atomic E-state index is 12.4. The quantitative estimate of drug-likeness (QED) is 0.868. The highest BCUT2D eigenvalue weighted by molar-refractivity contribution is 5.76. The molecule has 3 heterocycles. The molecule has 0 unspecified atom stereocenters. The Labute approximate surface area is 131 Å². The molecular formula is C17H22N4O. The van der Waals surface area contributed by atoms with Crippen molar-refractivity contribution in [3.63, 3.8) is 0 Å². The number of rotatable bonds is 4. The van der Waals surface area contributed by atoms with Crippen LogP contribution in [0.5, 0.6) is 0 Å². The van der Waals surface area contributed by atoms with E-state index in [0.29, 0.717) is 12.3 Å². The van der Waals surface area contributed by atoms with E-state index in [1.807, 2.05) is 43.4 Å². The lowest BCUT2D eigenvalue weighted by atomic mass is 10.1. The van der Waals surface area contributed by atoms with Gasteiger partial charge in [-0.1, -0.05) is 6.07 Å². The summed E-state index contributed by atoms with van der Waals surface area (Å²) in [5.41, 5.74) is 2.16. The molecule has 1 saturated heterocycles. The number of imidazole rings is 1. The summed E-state index contributed by atoms with van der Waals surface area (Å²) >= 11 is 0. The maximum absolute atomic E-state index is 12.4. The monoisotopic (exact) mass is 298 g/mol. The number of carbonyl (C=O) groups excluding carboxylic acids is 1. The van der Waals surface area contributed by atoms with Crippen LogP contribution < -0.4 is 0 Å². The Kier molecular flexibility index (Phi) is 4.22. The zero-order valence-corrected chi connectivity index (χ0v) is 13.2. The SMILES string of the molecule is Cc1cn(C)c([C@@H]2CCN(C(=O)CCc3cccnc3)C2)n1. The van der Waals surface area contributed by atoms with Crippen molar-refractivity contribution < 1.29 is 4.79 Å². The smallest absolute Gasteiger partial charge is 0.222 e. The van der Waals surface area contributed by atoms with Crippen molar-refractivity contribution in [3.05, 3.63) is 47.8 Å². The number of pyridine rings is 1. The zero-order valence-electron chi connectivity index (χ0n) is 13.2. The van der Waals surface area contributed by atoms with Crippen molar-refractivity contribution in [3.8, 4) is 0 Å². The van der Waals surface area contributed by atoms with Crippen LogP contribution in [0.4, 0.5) is 0 Å². The van der Waals surface area contributed by atoms with Gasteiger partial charge >= 0.3 is 0 Å². The molecule has 1 atom stereocenters. The van der Waals surface area contributed by atoms with E-state index in [1.165, 1.54) is 0 Å². The van der Waals surface area contributed by atoms with Crippen LogP contribution in [0.1, 0.15) is 35.8 Å². The molecule has 5 heteroatoms. The van der Waals surface area contributed by atoms with Gasteiger partial charge in [-0.05, 0) is 31.4 Å². The summed E-state index contributed by atoms with van der Waals surface area (Å²) in [7, 11) is 2.03. The fourth-order valence-electron chi connectivity index (χ4n) is 3.17. The molecule has 0 spiro atoms. The van der Waals surface area contributed by atoms with E-state index in [-0.39, 0.29) is 5.91 Å². The average molecular weight is 298 g/mol. The molecule has 2 aromatic heterocycles. The van der Waals surface area contributed by atoms with Crippen LogP contribution in [-0.2, 0) is 18.3 Å². The second-order valence-electron chi connectivity index (χ2n) is 6.04. The number of carbonyl (C=O) groups is 1. The molecule has 0 aliphatic carbocycles. The molecule has 0 saturated carbocycles. The van der Waals surface area contributed by atoms with E-state index in [2.05, 4.69) is 14.5 Å². The lowest BCUT2D eigenvalue weighted by molar-refractivity contribution is -0.130. The van der Waals surface area contributed by atoms with Crippen molar-refractivity contribution in [1.82, 2.24) is 19.4 Å². The lowest BCUT2D eigenvalue weighted by Crippen LogP contribution is -2.28. The maximum Gasteiger partial charge on any atom is 0.222 e. The number of aromatic nitrogens is 3. The van der Waals surface area contributed by atoms with Gasteiger partial charge in [0.2, 0.25) is 5.91 Å². The number of nitrogens with zero attached hydrogens (tertiary/aromatic N) is 4. The van der Waals surface area contributed by atoms with Crippen LogP contribution in [-0.4, -0.2) is 38.4 Å². The summed E-state index contributed by atoms with van der Waals surface area (Å²) in [5, 5.41) is 0. The number of amides is 1. The van der Waals surface area contributed by atoms with E-state index in [4.69, 9.17) is 0 Å². The summed E-state index contributed by atoms with van der Waals surface area (Å²) in [6.07, 6.45) is 7.94. The van der Waals surface area contributed by atoms with Gasteiger partial charge in [0, 0.05) is 51.1 Å². The zero-order chi connectivity index (χ0) is 15.5. The third kappa shape index (κ3) is 3.18. The third-order valence-corrected chi connectivity index (χ3v) is 4.29. The van der Waals surface area contributed by atoms with Gasteiger partial charge < -0.3 is 9.47 Å². The molecule has 3 rings (SSSR count). The summed E-state index contributed by atoms with van der Waals surface area (Å²) in [6.45, 7) is 3.63. The van der Waals surface area contributed by atoms with Crippen molar-refractivity contribution in [2.24, 2.45) is 7.05 Å². The lowest BCUT2D eigenvalue weighted by Gasteiger charge is -2.16. The summed E-state index contributed by atoms with van der Waals surface area (Å²) in [4.78, 5) is 23.0. The Morgan fingerprint density at radius 3 is 3.00 bits per heavy atom. The second-order valence-corrected chi connectivity index (χ2v) is 6.04. The molecule has 0 bridgehead atoms. The van der Waals surface area contributed by atoms with Gasteiger partial charge in [0.15, 0.2) is 0 Å². The summed E-state index contributed by atoms with van der Waals surface area (Å²) in [5.74, 6) is 1.69. The number of hydrogen-bond acceptors (Lipinski definition) is 3. The Morgan fingerprint density at radius 2 is 2.32 bits per heavy atom. The predicted molar refractivity (Wildman–Crippen MR) is 84.4 cm³/mol. The molecule has 1 amide bonds. The Hall–Kier alpha value is -2.17. The number of likely N-dealkylation sites (tertiary alicyclic amines) is 1. The van der Waals surface area contributed by atoms with Crippen LogP contribution in [0.25, 0.3) is 0 Å². The highest BCUT2D eigenvalue weighted by atomic mass is 16.2. The van der Waals surface area contributed by atoms with Crippen molar-refractivity contribution in [2.75, 3.05) is 13.1 Å². The van der Waals surface area contributed by atoms with E-state index >= 15 is 0 Å². The average Bonchev–Trinajstić information content (AvgIpc) is 3.12. The molecular weight excluding hydrogens is 276 g/mol. The van der Waals surface area contributed by atoms with Crippen LogP contribution in [0.15, 0.2) is 30.7 Å². The van der Waals surface area contributed by atoms with Gasteiger partial charge in [0.1, 0.15) is 5.82 Å². The van der Waals surface area contributed by atoms with E-state index < -0.39 is 0 Å². The van der Waals surface area contributed by atoms with Gasteiger partial charge in [0.25, 0.3) is 0 Å². The standard InChI is InChI=1S/C17H22N4O/c1-13-11-20(2)17(19-13)15-7-9-21(12-15)16(22)6-5-14-4-3-8-18-10-14/h3-4,8,10-11,15H,5-7,9,12H2,1-2H3/t15-/m1/s1. The number of aryl methyl sites for hydroxylation is 3. The Morgan fingerprint density at radius 1 is 1.45 bits per heavy atom. The number of hydrogen-bond donors (Lipinski definition) is 0. The molecule has 1 aliphatic heterocycles. The molecule has 5 nitrogen and oxygen atoms in total. The summed E-state index contributed by atoms with van der Waals surface area (Å²) in [6, 6.07) is 3.93. The van der Waals surface area contributed by atoms with E-state index in [0.717, 1.165) is 43.0 Å². The molecule has 2 aromatic rings. The van der Waals surface area contributed by atoms with Gasteiger partial charge in [-0.3, -0.25) is 9.78 Å². The Bertz CT molecular complexity index is 650. The van der Waals surface area contributed by atoms with Crippen LogP contribution in [0.3, 0.4) is 0 Å². The van der Waals surface area contributed by atoms with Gasteiger partial charge in [-0.15, -0.1) is 0 Å². The molecule has 22 heavy (non-hydrogen) atoms.